The van der Waals surface area contributed by atoms with Crippen LogP contribution in [0.25, 0.3) is 0 Å². The molecule has 0 fully saturated rings. The molecule has 0 aliphatic rings. The Morgan fingerprint density at radius 2 is 1.83 bits per heavy atom. The predicted octanol–water partition coefficient (Wildman–Crippen LogP) is 3.59. The monoisotopic (exact) mass is 527 g/mol. The predicted molar refractivity (Wildman–Crippen MR) is 135 cm³/mol. The number of methoxy groups -OCH3 is 1. The van der Waals surface area contributed by atoms with E-state index in [9.17, 15) is 22.4 Å². The molecule has 0 heterocycles. The molecule has 0 saturated heterocycles. The molecule has 0 aliphatic heterocycles. The Bertz CT molecular complexity index is 1130. The maximum atomic E-state index is 13.3. The number of rotatable bonds is 12. The minimum Gasteiger partial charge on any atom is -0.495 e. The second-order valence-corrected chi connectivity index (χ2v) is 10.3. The Balaban J connectivity index is 2.20. The number of likely N-dealkylation sites (N-methyl/N-ethyl adjacent to an activating group) is 1. The second-order valence-electron chi connectivity index (χ2n) is 7.94. The summed E-state index contributed by atoms with van der Waals surface area (Å²) in [4.78, 5) is 27.1. The van der Waals surface area contributed by atoms with Crippen molar-refractivity contribution >= 4 is 39.1 Å². The van der Waals surface area contributed by atoms with E-state index in [-0.39, 0.29) is 42.8 Å². The van der Waals surface area contributed by atoms with Crippen molar-refractivity contribution in [2.45, 2.75) is 38.8 Å². The van der Waals surface area contributed by atoms with Crippen molar-refractivity contribution in [3.8, 4) is 5.75 Å². The largest absolute Gasteiger partial charge is 0.495 e. The summed E-state index contributed by atoms with van der Waals surface area (Å²) in [5.41, 5.74) is 1.03. The number of hydrogen-bond donors (Lipinski definition) is 1. The van der Waals surface area contributed by atoms with E-state index in [1.165, 1.54) is 41.6 Å². The van der Waals surface area contributed by atoms with Crippen LogP contribution < -0.4 is 14.4 Å². The highest BCUT2D eigenvalue weighted by Gasteiger charge is 2.28. The van der Waals surface area contributed by atoms with Crippen LogP contribution >= 0.6 is 11.6 Å². The third-order valence-electron chi connectivity index (χ3n) is 5.47. The number of benzene rings is 2. The normalized spacial score (nSPS) is 12.1. The number of amides is 2. The molecule has 2 amide bonds. The van der Waals surface area contributed by atoms with Gasteiger partial charge >= 0.3 is 0 Å². The van der Waals surface area contributed by atoms with Gasteiger partial charge in [-0.1, -0.05) is 30.7 Å². The summed E-state index contributed by atoms with van der Waals surface area (Å²) in [5, 5.41) is 2.83. The van der Waals surface area contributed by atoms with Crippen molar-refractivity contribution in [1.29, 1.82) is 0 Å². The first-order valence-electron chi connectivity index (χ1n) is 11.1. The molecule has 0 bridgehead atoms. The van der Waals surface area contributed by atoms with Crippen LogP contribution in [0.4, 0.5) is 10.1 Å². The minimum atomic E-state index is -3.65. The van der Waals surface area contributed by atoms with Gasteiger partial charge in [0, 0.05) is 26.6 Å². The summed E-state index contributed by atoms with van der Waals surface area (Å²) in [6.45, 7) is 1.95. The molecule has 0 saturated carbocycles. The average molecular weight is 528 g/mol. The lowest BCUT2D eigenvalue weighted by molar-refractivity contribution is -0.141. The van der Waals surface area contributed by atoms with Crippen molar-refractivity contribution in [1.82, 2.24) is 10.2 Å². The van der Waals surface area contributed by atoms with Crippen LogP contribution in [-0.2, 0) is 26.2 Å². The number of anilines is 1. The van der Waals surface area contributed by atoms with Crippen molar-refractivity contribution in [2.75, 3.05) is 31.3 Å². The second kappa shape index (κ2) is 12.7. The van der Waals surface area contributed by atoms with Crippen LogP contribution in [0.5, 0.6) is 5.75 Å². The van der Waals surface area contributed by atoms with Crippen LogP contribution in [0.3, 0.4) is 0 Å². The van der Waals surface area contributed by atoms with Gasteiger partial charge in [0.05, 0.1) is 24.1 Å². The summed E-state index contributed by atoms with van der Waals surface area (Å²) in [6, 6.07) is 9.63. The standard InChI is InChI=1S/C24H31ClFN3O5S/c1-5-21(24(31)27-2)28(16-17-8-10-18(26)11-9-17)23(30)7-6-14-29(35(4,32)33)19-12-13-22(34-3)20(25)15-19/h8-13,15,21H,5-7,14,16H2,1-4H3,(H,27,31). The molecule has 2 rings (SSSR count). The number of carbonyl (C=O) groups excluding carboxylic acids is 2. The summed E-state index contributed by atoms with van der Waals surface area (Å²) in [7, 11) is -0.699. The highest BCUT2D eigenvalue weighted by molar-refractivity contribution is 7.92. The lowest BCUT2D eigenvalue weighted by Crippen LogP contribution is -2.48. The van der Waals surface area contributed by atoms with Gasteiger partial charge in [-0.05, 0) is 48.7 Å². The number of carbonyl (C=O) groups is 2. The van der Waals surface area contributed by atoms with Gasteiger partial charge in [-0.15, -0.1) is 0 Å². The molecule has 0 aromatic heterocycles. The SMILES string of the molecule is CCC(C(=O)NC)N(Cc1ccc(F)cc1)C(=O)CCCN(c1ccc(OC)c(Cl)c1)S(C)(=O)=O. The van der Waals surface area contributed by atoms with E-state index >= 15 is 0 Å². The number of sulfonamides is 1. The molecule has 1 atom stereocenters. The van der Waals surface area contributed by atoms with Crippen molar-refractivity contribution in [2.24, 2.45) is 0 Å². The van der Waals surface area contributed by atoms with Crippen LogP contribution in [0.15, 0.2) is 42.5 Å². The average Bonchev–Trinajstić information content (AvgIpc) is 2.81. The van der Waals surface area contributed by atoms with E-state index in [2.05, 4.69) is 5.32 Å². The van der Waals surface area contributed by atoms with E-state index in [0.717, 1.165) is 6.26 Å². The molecule has 1 unspecified atom stereocenters. The zero-order chi connectivity index (χ0) is 26.2. The van der Waals surface area contributed by atoms with Crippen LogP contribution in [0.2, 0.25) is 5.02 Å². The van der Waals surface area contributed by atoms with Gasteiger partial charge in [-0.2, -0.15) is 0 Å². The molecule has 11 heteroatoms. The molecule has 0 radical (unpaired) electrons. The highest BCUT2D eigenvalue weighted by atomic mass is 35.5. The fourth-order valence-corrected chi connectivity index (χ4v) is 4.90. The molecule has 0 aliphatic carbocycles. The molecule has 192 valence electrons. The molecule has 2 aromatic rings. The quantitative estimate of drug-likeness (QED) is 0.455. The van der Waals surface area contributed by atoms with Gasteiger partial charge < -0.3 is 15.0 Å². The number of nitrogens with zero attached hydrogens (tertiary/aromatic N) is 2. The van der Waals surface area contributed by atoms with Gasteiger partial charge in [0.15, 0.2) is 0 Å². The van der Waals surface area contributed by atoms with Gasteiger partial charge in [-0.25, -0.2) is 12.8 Å². The Morgan fingerprint density at radius 1 is 1.17 bits per heavy atom. The zero-order valence-corrected chi connectivity index (χ0v) is 21.8. The first-order valence-corrected chi connectivity index (χ1v) is 13.3. The summed E-state index contributed by atoms with van der Waals surface area (Å²) < 4.78 is 44.5. The topological polar surface area (TPSA) is 96.0 Å². The summed E-state index contributed by atoms with van der Waals surface area (Å²) in [5.74, 6) is -0.612. The van der Waals surface area contributed by atoms with Crippen LogP contribution in [-0.4, -0.2) is 58.1 Å². The number of hydrogen-bond acceptors (Lipinski definition) is 5. The van der Waals surface area contributed by atoms with Crippen molar-refractivity contribution < 1.29 is 27.1 Å². The van der Waals surface area contributed by atoms with Gasteiger partial charge in [0.1, 0.15) is 17.6 Å². The Hall–Kier alpha value is -2.85. The fourth-order valence-electron chi connectivity index (χ4n) is 3.69. The van der Waals surface area contributed by atoms with Crippen LogP contribution in [0.1, 0.15) is 31.7 Å². The lowest BCUT2D eigenvalue weighted by atomic mass is 10.1. The van der Waals surface area contributed by atoms with E-state index < -0.39 is 21.9 Å². The first kappa shape index (κ1) is 28.4. The van der Waals surface area contributed by atoms with Gasteiger partial charge in [0.2, 0.25) is 21.8 Å². The van der Waals surface area contributed by atoms with Crippen LogP contribution in [0, 0.1) is 5.82 Å². The zero-order valence-electron chi connectivity index (χ0n) is 20.3. The maximum absolute atomic E-state index is 13.3. The Labute approximate surface area is 211 Å². The first-order chi connectivity index (χ1) is 16.5. The van der Waals surface area contributed by atoms with Gasteiger partial charge in [-0.3, -0.25) is 13.9 Å². The number of nitrogens with one attached hydrogen (secondary N) is 1. The van der Waals surface area contributed by atoms with E-state index in [4.69, 9.17) is 16.3 Å². The smallest absolute Gasteiger partial charge is 0.242 e. The third kappa shape index (κ3) is 7.83. The number of ether oxygens (including phenoxy) is 1. The summed E-state index contributed by atoms with van der Waals surface area (Å²) >= 11 is 6.16. The molecule has 2 aromatic carbocycles. The van der Waals surface area contributed by atoms with E-state index in [1.807, 2.05) is 0 Å². The molecular weight excluding hydrogens is 497 g/mol. The third-order valence-corrected chi connectivity index (χ3v) is 6.96. The van der Waals surface area contributed by atoms with E-state index in [1.54, 1.807) is 31.2 Å². The molecule has 0 spiro atoms. The molecule has 1 N–H and O–H groups in total. The van der Waals surface area contributed by atoms with E-state index in [0.29, 0.717) is 23.4 Å². The fraction of sp³-hybridized carbons (Fsp3) is 0.417. The molecule has 35 heavy (non-hydrogen) atoms. The molecular formula is C24H31ClFN3O5S. The molecule has 8 nitrogen and oxygen atoms in total. The highest BCUT2D eigenvalue weighted by Crippen LogP contribution is 2.30. The van der Waals surface area contributed by atoms with Crippen molar-refractivity contribution in [3.63, 3.8) is 0 Å². The lowest BCUT2D eigenvalue weighted by Gasteiger charge is -2.30. The minimum absolute atomic E-state index is 0.00456. The number of halogens is 2. The maximum Gasteiger partial charge on any atom is 0.242 e. The summed E-state index contributed by atoms with van der Waals surface area (Å²) in [6.07, 6.45) is 1.67. The van der Waals surface area contributed by atoms with Crippen molar-refractivity contribution in [3.05, 3.63) is 58.9 Å². The van der Waals surface area contributed by atoms with Gasteiger partial charge in [0.25, 0.3) is 0 Å². The Kier molecular flexibility index (Phi) is 10.3. The Morgan fingerprint density at radius 3 is 2.34 bits per heavy atom.